The highest BCUT2D eigenvalue weighted by Gasteiger charge is 2.19. The van der Waals surface area contributed by atoms with E-state index in [1.165, 1.54) is 28.4 Å². The van der Waals surface area contributed by atoms with Crippen molar-refractivity contribution in [3.63, 3.8) is 0 Å². The van der Waals surface area contributed by atoms with Gasteiger partial charge < -0.3 is 24.7 Å². The van der Waals surface area contributed by atoms with Crippen LogP contribution in [0.15, 0.2) is 12.1 Å². The van der Waals surface area contributed by atoms with Crippen LogP contribution in [0.2, 0.25) is 0 Å². The molecule has 0 spiro atoms. The summed E-state index contributed by atoms with van der Waals surface area (Å²) in [6.45, 7) is 0. The Morgan fingerprint density at radius 2 is 1.55 bits per heavy atom. The van der Waals surface area contributed by atoms with Gasteiger partial charge in [0.25, 0.3) is 0 Å². The van der Waals surface area contributed by atoms with Crippen LogP contribution in [0.3, 0.4) is 0 Å². The fourth-order valence-electron chi connectivity index (χ4n) is 1.72. The van der Waals surface area contributed by atoms with E-state index < -0.39 is 6.04 Å². The SMILES string of the molecule is COC(=O)C[C@@H](N)c1cc(OC)c(OC)cc1OC.Cl. The molecule has 0 amide bonds. The Hall–Kier alpha value is -1.66. The van der Waals surface area contributed by atoms with E-state index in [1.54, 1.807) is 12.1 Å². The fourth-order valence-corrected chi connectivity index (χ4v) is 1.72. The molecule has 0 heterocycles. The number of halogens is 1. The van der Waals surface area contributed by atoms with Crippen LogP contribution in [0.25, 0.3) is 0 Å². The topological polar surface area (TPSA) is 80.0 Å². The molecule has 1 aromatic carbocycles. The minimum atomic E-state index is -0.540. The van der Waals surface area contributed by atoms with Crippen molar-refractivity contribution in [2.45, 2.75) is 12.5 Å². The summed E-state index contributed by atoms with van der Waals surface area (Å²) in [5.74, 6) is 1.21. The molecule has 1 rings (SSSR count). The maximum atomic E-state index is 11.3. The summed E-state index contributed by atoms with van der Waals surface area (Å²) in [6.07, 6.45) is 0.0579. The summed E-state index contributed by atoms with van der Waals surface area (Å²) in [4.78, 5) is 11.3. The highest BCUT2D eigenvalue weighted by molar-refractivity contribution is 5.85. The molecule has 1 aromatic rings. The number of hydrogen-bond donors (Lipinski definition) is 1. The van der Waals surface area contributed by atoms with E-state index in [2.05, 4.69) is 4.74 Å². The van der Waals surface area contributed by atoms with Gasteiger partial charge in [-0.2, -0.15) is 0 Å². The normalized spacial score (nSPS) is 11.1. The lowest BCUT2D eigenvalue weighted by molar-refractivity contribution is -0.141. The Morgan fingerprint density at radius 1 is 1.05 bits per heavy atom. The van der Waals surface area contributed by atoms with Crippen molar-refractivity contribution in [3.8, 4) is 17.2 Å². The minimum Gasteiger partial charge on any atom is -0.496 e. The van der Waals surface area contributed by atoms with Gasteiger partial charge in [-0.25, -0.2) is 0 Å². The predicted molar refractivity (Wildman–Crippen MR) is 76.9 cm³/mol. The van der Waals surface area contributed by atoms with Gasteiger partial charge in [0.2, 0.25) is 0 Å². The fraction of sp³-hybridized carbons (Fsp3) is 0.462. The van der Waals surface area contributed by atoms with Gasteiger partial charge in [0.1, 0.15) is 5.75 Å². The van der Waals surface area contributed by atoms with Gasteiger partial charge in [0, 0.05) is 17.7 Å². The molecule has 0 aliphatic heterocycles. The molecule has 0 aliphatic rings. The molecule has 2 N–H and O–H groups in total. The number of esters is 1. The highest BCUT2D eigenvalue weighted by Crippen LogP contribution is 2.37. The molecule has 6 nitrogen and oxygen atoms in total. The predicted octanol–water partition coefficient (Wildman–Crippen LogP) is 1.70. The molecule has 0 aromatic heterocycles. The molecular formula is C13H20ClNO5. The van der Waals surface area contributed by atoms with Crippen LogP contribution in [-0.4, -0.2) is 34.4 Å². The first kappa shape index (κ1) is 18.3. The van der Waals surface area contributed by atoms with Gasteiger partial charge in [-0.15, -0.1) is 12.4 Å². The molecule has 0 aliphatic carbocycles. The van der Waals surface area contributed by atoms with Gasteiger partial charge in [-0.3, -0.25) is 4.79 Å². The zero-order valence-electron chi connectivity index (χ0n) is 12.0. The van der Waals surface area contributed by atoms with Crippen molar-refractivity contribution in [1.82, 2.24) is 0 Å². The molecule has 0 bridgehead atoms. The molecule has 0 fully saturated rings. The average molecular weight is 306 g/mol. The standard InChI is InChI=1S/C13H19NO5.ClH/c1-16-10-7-12(18-3)11(17-2)5-8(10)9(14)6-13(15)19-4;/h5,7,9H,6,14H2,1-4H3;1H/t9-;/m1./s1. The Bertz CT molecular complexity index is 453. The maximum Gasteiger partial charge on any atom is 0.307 e. The third-order valence-corrected chi connectivity index (χ3v) is 2.75. The first-order valence-electron chi connectivity index (χ1n) is 5.69. The van der Waals surface area contributed by atoms with E-state index >= 15 is 0 Å². The van der Waals surface area contributed by atoms with E-state index in [0.29, 0.717) is 22.8 Å². The summed E-state index contributed by atoms with van der Waals surface area (Å²) in [7, 11) is 5.90. The number of carbonyl (C=O) groups excluding carboxylic acids is 1. The Balaban J connectivity index is 0.00000361. The first-order chi connectivity index (χ1) is 9.07. The Labute approximate surface area is 124 Å². The lowest BCUT2D eigenvalue weighted by Gasteiger charge is -2.17. The lowest BCUT2D eigenvalue weighted by atomic mass is 10.0. The average Bonchev–Trinajstić information content (AvgIpc) is 2.45. The highest BCUT2D eigenvalue weighted by atomic mass is 35.5. The van der Waals surface area contributed by atoms with Crippen LogP contribution < -0.4 is 19.9 Å². The summed E-state index contributed by atoms with van der Waals surface area (Å²) >= 11 is 0. The van der Waals surface area contributed by atoms with Crippen molar-refractivity contribution in [1.29, 1.82) is 0 Å². The number of rotatable bonds is 6. The third kappa shape index (κ3) is 4.18. The van der Waals surface area contributed by atoms with E-state index in [0.717, 1.165) is 0 Å². The molecular weight excluding hydrogens is 286 g/mol. The summed E-state index contributed by atoms with van der Waals surface area (Å²) in [6, 6.07) is 2.83. The molecule has 0 unspecified atom stereocenters. The van der Waals surface area contributed by atoms with E-state index in [4.69, 9.17) is 19.9 Å². The Kier molecular flexibility index (Phi) is 7.79. The van der Waals surface area contributed by atoms with Crippen molar-refractivity contribution < 1.29 is 23.7 Å². The Morgan fingerprint density at radius 3 is 2.00 bits per heavy atom. The largest absolute Gasteiger partial charge is 0.496 e. The monoisotopic (exact) mass is 305 g/mol. The third-order valence-electron chi connectivity index (χ3n) is 2.75. The quantitative estimate of drug-likeness (QED) is 0.806. The van der Waals surface area contributed by atoms with E-state index in [9.17, 15) is 4.79 Å². The maximum absolute atomic E-state index is 11.3. The lowest BCUT2D eigenvalue weighted by Crippen LogP contribution is -2.17. The number of benzene rings is 1. The summed E-state index contributed by atoms with van der Waals surface area (Å²) in [5.41, 5.74) is 6.64. The van der Waals surface area contributed by atoms with E-state index in [1.807, 2.05) is 0 Å². The van der Waals surface area contributed by atoms with Crippen molar-refractivity contribution >= 4 is 18.4 Å². The molecule has 1 atom stereocenters. The van der Waals surface area contributed by atoms with Gasteiger partial charge in [-0.1, -0.05) is 0 Å². The van der Waals surface area contributed by atoms with Crippen molar-refractivity contribution in [2.75, 3.05) is 28.4 Å². The number of ether oxygens (including phenoxy) is 4. The van der Waals surface area contributed by atoms with Gasteiger partial charge in [0.05, 0.1) is 34.9 Å². The van der Waals surface area contributed by atoms with Gasteiger partial charge >= 0.3 is 5.97 Å². The number of hydrogen-bond acceptors (Lipinski definition) is 6. The van der Waals surface area contributed by atoms with Crippen LogP contribution in [0, 0.1) is 0 Å². The van der Waals surface area contributed by atoms with Crippen LogP contribution >= 0.6 is 12.4 Å². The zero-order chi connectivity index (χ0) is 14.4. The second-order valence-electron chi connectivity index (χ2n) is 3.84. The van der Waals surface area contributed by atoms with Gasteiger partial charge in [-0.05, 0) is 6.07 Å². The molecule has 0 saturated carbocycles. The van der Waals surface area contributed by atoms with Crippen LogP contribution in [0.4, 0.5) is 0 Å². The number of carbonyl (C=O) groups is 1. The number of nitrogens with two attached hydrogens (primary N) is 1. The second-order valence-corrected chi connectivity index (χ2v) is 3.84. The minimum absolute atomic E-state index is 0. The molecule has 0 saturated heterocycles. The van der Waals surface area contributed by atoms with Crippen LogP contribution in [0.5, 0.6) is 17.2 Å². The van der Waals surface area contributed by atoms with Crippen LogP contribution in [0.1, 0.15) is 18.0 Å². The smallest absolute Gasteiger partial charge is 0.307 e. The van der Waals surface area contributed by atoms with Crippen molar-refractivity contribution in [2.24, 2.45) is 5.73 Å². The van der Waals surface area contributed by atoms with Crippen LogP contribution in [-0.2, 0) is 9.53 Å². The summed E-state index contributed by atoms with van der Waals surface area (Å²) in [5, 5.41) is 0. The summed E-state index contributed by atoms with van der Waals surface area (Å²) < 4.78 is 20.2. The van der Waals surface area contributed by atoms with Crippen molar-refractivity contribution in [3.05, 3.63) is 17.7 Å². The molecule has 0 radical (unpaired) electrons. The second kappa shape index (κ2) is 8.50. The first-order valence-corrected chi connectivity index (χ1v) is 5.69. The van der Waals surface area contributed by atoms with E-state index in [-0.39, 0.29) is 24.8 Å². The molecule has 20 heavy (non-hydrogen) atoms. The van der Waals surface area contributed by atoms with Gasteiger partial charge in [0.15, 0.2) is 11.5 Å². The zero-order valence-corrected chi connectivity index (χ0v) is 12.8. The molecule has 7 heteroatoms. The molecule has 114 valence electrons. The number of methoxy groups -OCH3 is 4.